The fraction of sp³-hybridized carbons (Fsp3) is 0.468. The van der Waals surface area contributed by atoms with Gasteiger partial charge in [-0.25, -0.2) is 22.4 Å². The zero-order valence-electron chi connectivity index (χ0n) is 34.7. The summed E-state index contributed by atoms with van der Waals surface area (Å²) in [4.78, 5) is 16.5. The Labute approximate surface area is 357 Å². The first-order valence-corrected chi connectivity index (χ1v) is 20.9. The van der Waals surface area contributed by atoms with Crippen LogP contribution in [0.1, 0.15) is 90.2 Å². The number of carbonyl (C=O) groups excluding carboxylic acids is 1. The van der Waals surface area contributed by atoms with Gasteiger partial charge in [0.25, 0.3) is 11.8 Å². The molecular formula is C47H58ClF4N5O3. The Morgan fingerprint density at radius 1 is 0.717 bits per heavy atom. The number of alkyl halides is 4. The molecule has 0 radical (unpaired) electrons. The lowest BCUT2D eigenvalue weighted by atomic mass is 9.98. The first kappa shape index (κ1) is 45.2. The van der Waals surface area contributed by atoms with Gasteiger partial charge in [0.05, 0.1) is 31.1 Å². The van der Waals surface area contributed by atoms with Crippen molar-refractivity contribution in [2.75, 3.05) is 32.8 Å². The molecule has 13 heteroatoms. The maximum Gasteiger partial charge on any atom is 0.315 e. The van der Waals surface area contributed by atoms with E-state index < -0.39 is 23.7 Å². The summed E-state index contributed by atoms with van der Waals surface area (Å²) in [5, 5.41) is 5.67. The summed E-state index contributed by atoms with van der Waals surface area (Å²) in [7, 11) is 0. The summed E-state index contributed by atoms with van der Waals surface area (Å²) in [6.07, 6.45) is 1.76. The lowest BCUT2D eigenvalue weighted by Crippen LogP contribution is -2.36. The van der Waals surface area contributed by atoms with Crippen LogP contribution in [0.4, 0.5) is 22.4 Å². The standard InChI is InChI=1S/C25H31F2N3O2.C22H26F2N2O.ClH/c1-3-28-24(31)29-17(2)19-6-4-18(5-7-19)14-30-11-10-20-12-23(9-8-21(20)15-30)32-16-22-13-25(22,26)27;1-15(25)17-4-2-16(3-5-17)12-26-9-8-18-10-21(7-6-19(18)13-26)27-14-20-11-22(20,23)24;/h4-9,12,17,22H,3,10-11,13-16H2,1-2H3,(H2,28,29,31);2-7,10,15,20H,8-9,11-14,25H2,1H3;1H/t17-,22?;15-,20?;/m00./s1. The van der Waals surface area contributed by atoms with Crippen LogP contribution in [0, 0.1) is 11.8 Å². The third-order valence-electron chi connectivity index (χ3n) is 11.8. The van der Waals surface area contributed by atoms with Crippen molar-refractivity contribution in [1.29, 1.82) is 0 Å². The van der Waals surface area contributed by atoms with E-state index in [2.05, 4.69) is 81.1 Å². The Balaban J connectivity index is 0.000000200. The molecule has 8 rings (SSSR count). The van der Waals surface area contributed by atoms with Gasteiger partial charge in [-0.05, 0) is 102 Å². The number of rotatable bonds is 14. The molecule has 8 nitrogen and oxygen atoms in total. The Hall–Kier alpha value is -4.36. The van der Waals surface area contributed by atoms with Gasteiger partial charge in [-0.15, -0.1) is 12.4 Å². The largest absolute Gasteiger partial charge is 0.493 e. The second-order valence-corrected chi connectivity index (χ2v) is 16.7. The van der Waals surface area contributed by atoms with Crippen molar-refractivity contribution >= 4 is 18.4 Å². The third kappa shape index (κ3) is 12.1. The highest BCUT2D eigenvalue weighted by Crippen LogP contribution is 2.49. The van der Waals surface area contributed by atoms with Gasteiger partial charge in [-0.2, -0.15) is 0 Å². The molecule has 2 aliphatic heterocycles. The molecule has 0 saturated heterocycles. The summed E-state index contributed by atoms with van der Waals surface area (Å²) in [6.45, 7) is 12.1. The molecule has 2 amide bonds. The van der Waals surface area contributed by atoms with Crippen LogP contribution in [-0.4, -0.2) is 60.5 Å². The van der Waals surface area contributed by atoms with Crippen molar-refractivity contribution in [2.24, 2.45) is 17.6 Å². The minimum Gasteiger partial charge on any atom is -0.493 e. The molecule has 2 fully saturated rings. The topological polar surface area (TPSA) is 92.1 Å². The Kier molecular flexibility index (Phi) is 14.7. The highest BCUT2D eigenvalue weighted by atomic mass is 35.5. The summed E-state index contributed by atoms with van der Waals surface area (Å²) < 4.78 is 63.2. The van der Waals surface area contributed by atoms with Crippen LogP contribution in [0.2, 0.25) is 0 Å². The van der Waals surface area contributed by atoms with Gasteiger partial charge in [0.1, 0.15) is 11.5 Å². The Morgan fingerprint density at radius 3 is 1.55 bits per heavy atom. The summed E-state index contributed by atoms with van der Waals surface area (Å²) in [5.41, 5.74) is 15.7. The molecule has 4 aromatic carbocycles. The van der Waals surface area contributed by atoms with Gasteiger partial charge < -0.3 is 25.8 Å². The number of fused-ring (bicyclic) bond motifs is 2. The second-order valence-electron chi connectivity index (χ2n) is 16.7. The van der Waals surface area contributed by atoms with Crippen LogP contribution in [0.5, 0.6) is 11.5 Å². The lowest BCUT2D eigenvalue weighted by molar-refractivity contribution is 0.0848. The minimum atomic E-state index is -2.54. The number of urea groups is 1. The van der Waals surface area contributed by atoms with Gasteiger partial charge in [-0.3, -0.25) is 9.80 Å². The summed E-state index contributed by atoms with van der Waals surface area (Å²) in [6, 6.07) is 28.7. The van der Waals surface area contributed by atoms with Crippen LogP contribution in [0.3, 0.4) is 0 Å². The molecule has 4 aliphatic rings. The summed E-state index contributed by atoms with van der Waals surface area (Å²) in [5.74, 6) is -4.91. The maximum atomic E-state index is 13.0. The first-order valence-electron chi connectivity index (χ1n) is 20.9. The average Bonchev–Trinajstić information content (AvgIpc) is 4.06. The zero-order chi connectivity index (χ0) is 41.7. The third-order valence-corrected chi connectivity index (χ3v) is 11.8. The molecule has 4 aromatic rings. The number of hydrogen-bond acceptors (Lipinski definition) is 6. The van der Waals surface area contributed by atoms with Gasteiger partial charge >= 0.3 is 6.03 Å². The molecule has 2 unspecified atom stereocenters. The fourth-order valence-electron chi connectivity index (χ4n) is 7.77. The van der Waals surface area contributed by atoms with Crippen molar-refractivity contribution < 1.29 is 31.8 Å². The number of carbonyl (C=O) groups is 1. The van der Waals surface area contributed by atoms with Crippen molar-refractivity contribution in [1.82, 2.24) is 20.4 Å². The van der Waals surface area contributed by atoms with Crippen LogP contribution in [-0.2, 0) is 39.0 Å². The number of benzene rings is 4. The van der Waals surface area contributed by atoms with Gasteiger partial charge in [0, 0.05) is 64.7 Å². The van der Waals surface area contributed by atoms with Crippen LogP contribution in [0.15, 0.2) is 84.9 Å². The monoisotopic (exact) mass is 851 g/mol. The molecule has 0 aromatic heterocycles. The van der Waals surface area contributed by atoms with Crippen molar-refractivity contribution in [3.8, 4) is 11.5 Å². The number of hydrogen-bond donors (Lipinski definition) is 3. The van der Waals surface area contributed by atoms with Crippen molar-refractivity contribution in [3.63, 3.8) is 0 Å². The molecule has 324 valence electrons. The normalized spacial score (nSPS) is 20.7. The smallest absolute Gasteiger partial charge is 0.315 e. The molecular weight excluding hydrogens is 794 g/mol. The van der Waals surface area contributed by atoms with Crippen LogP contribution in [0.25, 0.3) is 0 Å². The number of nitrogens with zero attached hydrogens (tertiary/aromatic N) is 2. The van der Waals surface area contributed by atoms with Gasteiger partial charge in [-0.1, -0.05) is 60.7 Å². The van der Waals surface area contributed by atoms with Gasteiger partial charge in [0.2, 0.25) is 0 Å². The van der Waals surface area contributed by atoms with E-state index in [1.54, 1.807) is 0 Å². The molecule has 0 bridgehead atoms. The molecule has 60 heavy (non-hydrogen) atoms. The highest BCUT2D eigenvalue weighted by molar-refractivity contribution is 5.85. The molecule has 4 N–H and O–H groups in total. The average molecular weight is 852 g/mol. The molecule has 2 aliphatic carbocycles. The SMILES string of the molecule is CCNC(=O)N[C@@H](C)c1ccc(CN2CCc3cc(OCC4CC4(F)F)ccc3C2)cc1.C[C@H](N)c1ccc(CN2CCc3cc(OCC4CC4(F)F)ccc3C2)cc1.Cl. The Morgan fingerprint density at radius 2 is 1.15 bits per heavy atom. The maximum absolute atomic E-state index is 13.0. The summed E-state index contributed by atoms with van der Waals surface area (Å²) >= 11 is 0. The quantitative estimate of drug-likeness (QED) is 0.110. The molecule has 0 spiro atoms. The van der Waals surface area contributed by atoms with Crippen molar-refractivity contribution in [3.05, 3.63) is 129 Å². The highest BCUT2D eigenvalue weighted by Gasteiger charge is 2.57. The predicted molar refractivity (Wildman–Crippen MR) is 229 cm³/mol. The molecule has 2 heterocycles. The number of nitrogens with one attached hydrogen (secondary N) is 2. The van der Waals surface area contributed by atoms with E-state index >= 15 is 0 Å². The van der Waals surface area contributed by atoms with Gasteiger partial charge in [0.15, 0.2) is 0 Å². The van der Waals surface area contributed by atoms with Crippen molar-refractivity contribution in [2.45, 2.75) is 96.6 Å². The fourth-order valence-corrected chi connectivity index (χ4v) is 7.77. The Bertz CT molecular complexity index is 2050. The number of nitrogens with two attached hydrogens (primary N) is 1. The number of halogens is 5. The van der Waals surface area contributed by atoms with E-state index in [1.165, 1.54) is 33.4 Å². The second kappa shape index (κ2) is 19.6. The molecule has 4 atom stereocenters. The van der Waals surface area contributed by atoms with Crippen LogP contribution < -0.4 is 25.8 Å². The van der Waals surface area contributed by atoms with E-state index in [9.17, 15) is 22.4 Å². The minimum absolute atomic E-state index is 0. The predicted octanol–water partition coefficient (Wildman–Crippen LogP) is 9.38. The van der Waals surface area contributed by atoms with E-state index in [4.69, 9.17) is 15.2 Å². The number of ether oxygens (including phenoxy) is 2. The zero-order valence-corrected chi connectivity index (χ0v) is 35.5. The first-order chi connectivity index (χ1) is 28.2. The van der Waals surface area contributed by atoms with E-state index in [0.717, 1.165) is 63.2 Å². The van der Waals surface area contributed by atoms with Crippen LogP contribution >= 0.6 is 12.4 Å². The molecule has 2 saturated carbocycles. The van der Waals surface area contributed by atoms with E-state index in [0.29, 0.717) is 18.0 Å². The van der Waals surface area contributed by atoms with E-state index in [-0.39, 0.29) is 56.6 Å². The number of amides is 2. The lowest BCUT2D eigenvalue weighted by Gasteiger charge is -2.29. The van der Waals surface area contributed by atoms with E-state index in [1.807, 2.05) is 45.0 Å².